The average molecular weight is 246 g/mol. The number of ether oxygens (including phenoxy) is 1. The van der Waals surface area contributed by atoms with Crippen LogP contribution in [0.25, 0.3) is 0 Å². The first-order chi connectivity index (χ1) is 8.08. The van der Waals surface area contributed by atoms with Crippen molar-refractivity contribution >= 4 is 5.95 Å². The van der Waals surface area contributed by atoms with Gasteiger partial charge in [0, 0.05) is 0 Å². The smallest absolute Gasteiger partial charge is 0.353 e. The van der Waals surface area contributed by atoms with Crippen LogP contribution in [0.1, 0.15) is 0 Å². The van der Waals surface area contributed by atoms with Crippen LogP contribution in [0.3, 0.4) is 0 Å². The first-order valence-electron chi connectivity index (χ1n) is 4.78. The number of aliphatic hydroxyl groups is 3. The molecule has 17 heavy (non-hydrogen) atoms. The molecule has 2 atom stereocenters. The molecular weight excluding hydrogens is 232 g/mol. The van der Waals surface area contributed by atoms with Gasteiger partial charge < -0.3 is 25.8 Å². The van der Waals surface area contributed by atoms with E-state index in [0.29, 0.717) is 0 Å². The molecule has 2 unspecified atom stereocenters. The Morgan fingerprint density at radius 3 is 2.71 bits per heavy atom. The molecule has 9 nitrogen and oxygen atoms in total. The van der Waals surface area contributed by atoms with Gasteiger partial charge in [-0.3, -0.25) is 4.57 Å². The number of nitrogen functional groups attached to an aromatic ring is 1. The van der Waals surface area contributed by atoms with E-state index in [2.05, 4.69) is 9.97 Å². The second-order valence-corrected chi connectivity index (χ2v) is 3.23. The molecule has 9 heteroatoms. The third-order valence-electron chi connectivity index (χ3n) is 2.01. The Labute approximate surface area is 96.1 Å². The SMILES string of the molecule is Nc1ncn(COC(CO)C(O)CO)c(=O)n1. The number of anilines is 1. The summed E-state index contributed by atoms with van der Waals surface area (Å²) in [6, 6.07) is 0. The van der Waals surface area contributed by atoms with Gasteiger partial charge in [-0.05, 0) is 0 Å². The Kier molecular flexibility index (Phi) is 4.97. The number of hydrogen-bond donors (Lipinski definition) is 4. The van der Waals surface area contributed by atoms with Crippen LogP contribution in [-0.2, 0) is 11.5 Å². The van der Waals surface area contributed by atoms with Crippen LogP contribution >= 0.6 is 0 Å². The largest absolute Gasteiger partial charge is 0.394 e. The van der Waals surface area contributed by atoms with Gasteiger partial charge in [-0.2, -0.15) is 4.98 Å². The predicted molar refractivity (Wildman–Crippen MR) is 55.8 cm³/mol. The van der Waals surface area contributed by atoms with Crippen LogP contribution in [0.4, 0.5) is 5.95 Å². The maximum Gasteiger partial charge on any atom is 0.353 e. The van der Waals surface area contributed by atoms with E-state index in [1.807, 2.05) is 0 Å². The Hall–Kier alpha value is -1.55. The van der Waals surface area contributed by atoms with Gasteiger partial charge in [0.15, 0.2) is 0 Å². The molecule has 1 rings (SSSR count). The summed E-state index contributed by atoms with van der Waals surface area (Å²) in [6.45, 7) is -1.31. The molecule has 0 saturated carbocycles. The molecule has 0 aliphatic carbocycles. The Bertz CT molecular complexity index is 409. The molecule has 1 heterocycles. The van der Waals surface area contributed by atoms with E-state index in [9.17, 15) is 9.90 Å². The van der Waals surface area contributed by atoms with Crippen molar-refractivity contribution in [2.75, 3.05) is 18.9 Å². The van der Waals surface area contributed by atoms with Gasteiger partial charge in [0.2, 0.25) is 5.95 Å². The molecule has 1 aromatic rings. The van der Waals surface area contributed by atoms with Crippen molar-refractivity contribution in [1.82, 2.24) is 14.5 Å². The Balaban J connectivity index is 2.63. The summed E-state index contributed by atoms with van der Waals surface area (Å²) < 4.78 is 6.04. The van der Waals surface area contributed by atoms with Gasteiger partial charge in [-0.15, -0.1) is 0 Å². The van der Waals surface area contributed by atoms with Crippen molar-refractivity contribution in [3.05, 3.63) is 16.8 Å². The number of aromatic nitrogens is 3. The van der Waals surface area contributed by atoms with Crippen molar-refractivity contribution in [2.45, 2.75) is 18.9 Å². The second kappa shape index (κ2) is 6.25. The normalized spacial score (nSPS) is 14.5. The Morgan fingerprint density at radius 2 is 2.18 bits per heavy atom. The van der Waals surface area contributed by atoms with E-state index in [0.717, 1.165) is 10.9 Å². The monoisotopic (exact) mass is 246 g/mol. The number of aliphatic hydroxyl groups excluding tert-OH is 3. The molecule has 0 spiro atoms. The quantitative estimate of drug-likeness (QED) is 0.413. The van der Waals surface area contributed by atoms with Crippen molar-refractivity contribution in [3.63, 3.8) is 0 Å². The van der Waals surface area contributed by atoms with Crippen LogP contribution in [0.15, 0.2) is 11.1 Å². The molecule has 0 aliphatic rings. The van der Waals surface area contributed by atoms with Crippen molar-refractivity contribution in [3.8, 4) is 0 Å². The topological polar surface area (TPSA) is 144 Å². The highest BCUT2D eigenvalue weighted by Gasteiger charge is 2.18. The van der Waals surface area contributed by atoms with Crippen molar-refractivity contribution in [2.24, 2.45) is 0 Å². The summed E-state index contributed by atoms with van der Waals surface area (Å²) in [4.78, 5) is 18.2. The van der Waals surface area contributed by atoms with Crippen LogP contribution in [0.5, 0.6) is 0 Å². The number of hydrogen-bond acceptors (Lipinski definition) is 8. The fraction of sp³-hybridized carbons (Fsp3) is 0.625. The zero-order valence-electron chi connectivity index (χ0n) is 8.93. The summed E-state index contributed by atoms with van der Waals surface area (Å²) in [6.07, 6.45) is -1.10. The number of nitrogens with two attached hydrogens (primary N) is 1. The van der Waals surface area contributed by atoms with E-state index in [1.165, 1.54) is 0 Å². The minimum atomic E-state index is -1.23. The van der Waals surface area contributed by atoms with Crippen LogP contribution in [0, 0.1) is 0 Å². The summed E-state index contributed by atoms with van der Waals surface area (Å²) in [5, 5.41) is 26.8. The van der Waals surface area contributed by atoms with E-state index >= 15 is 0 Å². The fourth-order valence-corrected chi connectivity index (χ4v) is 1.04. The van der Waals surface area contributed by atoms with Gasteiger partial charge in [-0.1, -0.05) is 0 Å². The molecule has 0 radical (unpaired) electrons. The summed E-state index contributed by atoms with van der Waals surface area (Å²) in [5.74, 6) is -0.152. The first-order valence-corrected chi connectivity index (χ1v) is 4.78. The number of rotatable bonds is 6. The minimum absolute atomic E-state index is 0.152. The number of nitrogens with zero attached hydrogens (tertiary/aromatic N) is 3. The molecule has 0 amide bonds. The molecule has 0 aromatic carbocycles. The second-order valence-electron chi connectivity index (χ2n) is 3.23. The van der Waals surface area contributed by atoms with Gasteiger partial charge >= 0.3 is 5.69 Å². The van der Waals surface area contributed by atoms with Crippen LogP contribution < -0.4 is 11.4 Å². The van der Waals surface area contributed by atoms with E-state index < -0.39 is 31.1 Å². The predicted octanol–water partition coefficient (Wildman–Crippen LogP) is -3.09. The lowest BCUT2D eigenvalue weighted by atomic mass is 10.2. The molecule has 1 aromatic heterocycles. The van der Waals surface area contributed by atoms with E-state index in [1.54, 1.807) is 0 Å². The highest BCUT2D eigenvalue weighted by molar-refractivity contribution is 5.09. The zero-order chi connectivity index (χ0) is 12.8. The summed E-state index contributed by atoms with van der Waals surface area (Å²) >= 11 is 0. The van der Waals surface area contributed by atoms with Crippen molar-refractivity contribution in [1.29, 1.82) is 0 Å². The molecule has 0 aliphatic heterocycles. The fourth-order valence-electron chi connectivity index (χ4n) is 1.04. The maximum atomic E-state index is 11.3. The molecule has 0 fully saturated rings. The lowest BCUT2D eigenvalue weighted by Crippen LogP contribution is -2.37. The average Bonchev–Trinajstić information content (AvgIpc) is 2.31. The minimum Gasteiger partial charge on any atom is -0.394 e. The van der Waals surface area contributed by atoms with Gasteiger partial charge in [0.25, 0.3) is 0 Å². The van der Waals surface area contributed by atoms with Gasteiger partial charge in [0.1, 0.15) is 25.3 Å². The standard InChI is InChI=1S/C8H14N4O5/c9-7-10-3-12(8(16)11-7)4-17-6(2-14)5(15)1-13/h3,5-6,13-15H,1-2,4H2,(H2,9,11,16). The zero-order valence-corrected chi connectivity index (χ0v) is 8.93. The highest BCUT2D eigenvalue weighted by atomic mass is 16.5. The van der Waals surface area contributed by atoms with E-state index in [-0.39, 0.29) is 12.7 Å². The molecule has 96 valence electrons. The maximum absolute atomic E-state index is 11.3. The third-order valence-corrected chi connectivity index (χ3v) is 2.01. The molecule has 5 N–H and O–H groups in total. The van der Waals surface area contributed by atoms with Gasteiger partial charge in [-0.25, -0.2) is 9.78 Å². The van der Waals surface area contributed by atoms with Gasteiger partial charge in [0.05, 0.1) is 13.2 Å². The highest BCUT2D eigenvalue weighted by Crippen LogP contribution is 1.99. The lowest BCUT2D eigenvalue weighted by molar-refractivity contribution is -0.101. The van der Waals surface area contributed by atoms with Crippen molar-refractivity contribution < 1.29 is 20.1 Å². The molecule has 0 bridgehead atoms. The van der Waals surface area contributed by atoms with Crippen LogP contribution in [0.2, 0.25) is 0 Å². The summed E-state index contributed by atoms with van der Waals surface area (Å²) in [5.41, 5.74) is 4.53. The summed E-state index contributed by atoms with van der Waals surface area (Å²) in [7, 11) is 0. The Morgan fingerprint density at radius 1 is 1.47 bits per heavy atom. The molecule has 0 saturated heterocycles. The first kappa shape index (κ1) is 13.5. The van der Waals surface area contributed by atoms with Crippen LogP contribution in [-0.4, -0.2) is 55.3 Å². The van der Waals surface area contributed by atoms with E-state index in [4.69, 9.17) is 20.7 Å². The molecular formula is C8H14N4O5. The lowest BCUT2D eigenvalue weighted by Gasteiger charge is -2.19. The third kappa shape index (κ3) is 3.75.